The largest absolute Gasteiger partial charge is 0.423 e. The molecule has 0 heterocycles. The zero-order valence-electron chi connectivity index (χ0n) is 20.9. The van der Waals surface area contributed by atoms with Crippen LogP contribution in [0.5, 0.6) is 11.5 Å². The van der Waals surface area contributed by atoms with Crippen LogP contribution in [0.2, 0.25) is 0 Å². The summed E-state index contributed by atoms with van der Waals surface area (Å²) in [6, 6.07) is 37.9. The number of benzene rings is 6. The van der Waals surface area contributed by atoms with Crippen LogP contribution < -0.4 is 9.47 Å². The van der Waals surface area contributed by atoms with Crippen molar-refractivity contribution in [3.05, 3.63) is 141 Å². The van der Waals surface area contributed by atoms with Crippen LogP contribution in [0.1, 0.15) is 20.7 Å². The molecule has 0 spiro atoms. The first-order valence-electron chi connectivity index (χ1n) is 12.5. The molecule has 0 fully saturated rings. The van der Waals surface area contributed by atoms with Crippen LogP contribution in [-0.4, -0.2) is 11.9 Å². The maximum Gasteiger partial charge on any atom is 0.344 e. The third-order valence-electron chi connectivity index (χ3n) is 6.57. The van der Waals surface area contributed by atoms with E-state index < -0.39 is 11.9 Å². The van der Waals surface area contributed by atoms with Gasteiger partial charge >= 0.3 is 11.9 Å². The minimum atomic E-state index is -0.423. The van der Waals surface area contributed by atoms with Crippen molar-refractivity contribution in [1.82, 2.24) is 0 Å². The summed E-state index contributed by atoms with van der Waals surface area (Å²) in [4.78, 5) is 25.4. The van der Waals surface area contributed by atoms with Crippen LogP contribution in [-0.2, 0) is 0 Å². The maximum atomic E-state index is 12.7. The van der Waals surface area contributed by atoms with Gasteiger partial charge in [-0.15, -0.1) is 0 Å². The molecule has 0 saturated carbocycles. The van der Waals surface area contributed by atoms with Crippen molar-refractivity contribution < 1.29 is 19.1 Å². The predicted molar refractivity (Wildman–Crippen MR) is 165 cm³/mol. The Morgan fingerprint density at radius 3 is 1.27 bits per heavy atom. The Kier molecular flexibility index (Phi) is 7.20. The number of carbonyl (C=O) groups is 2. The smallest absolute Gasteiger partial charge is 0.344 e. The van der Waals surface area contributed by atoms with Gasteiger partial charge in [0.2, 0.25) is 0 Å². The summed E-state index contributed by atoms with van der Waals surface area (Å²) in [7, 11) is 0. The van der Waals surface area contributed by atoms with Crippen LogP contribution >= 0.6 is 31.9 Å². The van der Waals surface area contributed by atoms with Gasteiger partial charge in [0.1, 0.15) is 11.5 Å². The van der Waals surface area contributed by atoms with Crippen LogP contribution in [0.4, 0.5) is 0 Å². The molecular weight excluding hydrogens is 632 g/mol. The zero-order valence-corrected chi connectivity index (χ0v) is 24.1. The van der Waals surface area contributed by atoms with Gasteiger partial charge in [0, 0.05) is 8.95 Å². The lowest BCUT2D eigenvalue weighted by atomic mass is 9.98. The molecule has 0 aromatic heterocycles. The first-order valence-corrected chi connectivity index (χ1v) is 14.0. The molecule has 0 unspecified atom stereocenters. The third-order valence-corrected chi connectivity index (χ3v) is 7.95. The lowest BCUT2D eigenvalue weighted by molar-refractivity contribution is 0.0724. The highest BCUT2D eigenvalue weighted by molar-refractivity contribution is 9.10. The number of halogens is 2. The number of rotatable bonds is 5. The molecule has 194 valence electrons. The van der Waals surface area contributed by atoms with Crippen molar-refractivity contribution in [2.75, 3.05) is 0 Å². The van der Waals surface area contributed by atoms with Gasteiger partial charge in [0.25, 0.3) is 0 Å². The number of fused-ring (bicyclic) bond motifs is 2. The molecule has 6 heteroatoms. The van der Waals surface area contributed by atoms with Gasteiger partial charge in [0.15, 0.2) is 0 Å². The second-order valence-electron chi connectivity index (χ2n) is 9.19. The Hall–Kier alpha value is -4.26. The van der Waals surface area contributed by atoms with Crippen molar-refractivity contribution >= 4 is 65.3 Å². The number of hydrogen-bond donors (Lipinski definition) is 0. The molecule has 6 aromatic rings. The fourth-order valence-electron chi connectivity index (χ4n) is 4.51. The van der Waals surface area contributed by atoms with Crippen molar-refractivity contribution in [1.29, 1.82) is 0 Å². The van der Waals surface area contributed by atoms with Gasteiger partial charge in [-0.25, -0.2) is 9.59 Å². The van der Waals surface area contributed by atoms with E-state index in [1.807, 2.05) is 60.7 Å². The van der Waals surface area contributed by atoms with Crippen LogP contribution in [0.25, 0.3) is 32.7 Å². The molecule has 6 rings (SSSR count). The third kappa shape index (κ3) is 5.41. The first-order chi connectivity index (χ1) is 19.4. The quantitative estimate of drug-likeness (QED) is 0.138. The molecule has 0 amide bonds. The van der Waals surface area contributed by atoms with Gasteiger partial charge in [-0.3, -0.25) is 0 Å². The summed E-state index contributed by atoms with van der Waals surface area (Å²) in [5.41, 5.74) is 2.96. The average molecular weight is 652 g/mol. The molecule has 0 N–H and O–H groups in total. The molecule has 0 atom stereocenters. The Labute approximate surface area is 247 Å². The lowest BCUT2D eigenvalue weighted by Gasteiger charge is -2.10. The van der Waals surface area contributed by atoms with E-state index in [0.717, 1.165) is 32.7 Å². The van der Waals surface area contributed by atoms with Crippen molar-refractivity contribution in [3.8, 4) is 22.6 Å². The second kappa shape index (κ2) is 11.1. The normalized spacial score (nSPS) is 10.9. The SMILES string of the molecule is O=C(Oc1ccc2ccc(-c3ccc4ccc(OC(=O)c5ccccc5Br)cc4c3)cc2c1)c1ccccc1Br. The van der Waals surface area contributed by atoms with E-state index in [0.29, 0.717) is 31.6 Å². The van der Waals surface area contributed by atoms with Gasteiger partial charge < -0.3 is 9.47 Å². The fourth-order valence-corrected chi connectivity index (χ4v) is 5.41. The topological polar surface area (TPSA) is 52.6 Å². The molecule has 0 bridgehead atoms. The number of carbonyl (C=O) groups excluding carboxylic acids is 2. The maximum absolute atomic E-state index is 12.7. The van der Waals surface area contributed by atoms with Crippen LogP contribution in [0.3, 0.4) is 0 Å². The molecule has 0 aliphatic rings. The fraction of sp³-hybridized carbons (Fsp3) is 0. The predicted octanol–water partition coefficient (Wildman–Crippen LogP) is 9.62. The van der Waals surface area contributed by atoms with E-state index in [1.54, 1.807) is 36.4 Å². The zero-order chi connectivity index (χ0) is 27.6. The van der Waals surface area contributed by atoms with E-state index in [4.69, 9.17) is 9.47 Å². The molecular formula is C34H20Br2O4. The molecule has 4 nitrogen and oxygen atoms in total. The molecule has 0 radical (unpaired) electrons. The molecule has 0 aliphatic heterocycles. The lowest BCUT2D eigenvalue weighted by Crippen LogP contribution is -2.09. The number of hydrogen-bond acceptors (Lipinski definition) is 4. The molecule has 40 heavy (non-hydrogen) atoms. The summed E-state index contributed by atoms with van der Waals surface area (Å²) >= 11 is 6.81. The highest BCUT2D eigenvalue weighted by atomic mass is 79.9. The van der Waals surface area contributed by atoms with Gasteiger partial charge in [0.05, 0.1) is 11.1 Å². The second-order valence-corrected chi connectivity index (χ2v) is 10.9. The van der Waals surface area contributed by atoms with E-state index in [9.17, 15) is 9.59 Å². The van der Waals surface area contributed by atoms with E-state index in [1.165, 1.54) is 0 Å². The van der Waals surface area contributed by atoms with Crippen molar-refractivity contribution in [2.24, 2.45) is 0 Å². The average Bonchev–Trinajstić information content (AvgIpc) is 2.96. The summed E-state index contributed by atoms with van der Waals surface area (Å²) in [6.45, 7) is 0. The molecule has 0 saturated heterocycles. The summed E-state index contributed by atoms with van der Waals surface area (Å²) in [6.07, 6.45) is 0. The highest BCUT2D eigenvalue weighted by Crippen LogP contribution is 2.31. The van der Waals surface area contributed by atoms with Gasteiger partial charge in [-0.1, -0.05) is 60.7 Å². The Balaban J connectivity index is 1.28. The monoisotopic (exact) mass is 650 g/mol. The Morgan fingerprint density at radius 1 is 0.450 bits per heavy atom. The molecule has 0 aliphatic carbocycles. The van der Waals surface area contributed by atoms with Crippen molar-refractivity contribution in [3.63, 3.8) is 0 Å². The van der Waals surface area contributed by atoms with Gasteiger partial charge in [-0.2, -0.15) is 0 Å². The summed E-state index contributed by atoms with van der Waals surface area (Å²) in [5, 5.41) is 3.97. The molecule has 6 aromatic carbocycles. The number of ether oxygens (including phenoxy) is 2. The Bertz CT molecular complexity index is 1790. The van der Waals surface area contributed by atoms with Gasteiger partial charge in [-0.05, 0) is 125 Å². The van der Waals surface area contributed by atoms with E-state index >= 15 is 0 Å². The van der Waals surface area contributed by atoms with E-state index in [2.05, 4.69) is 56.1 Å². The first kappa shape index (κ1) is 26.0. The van der Waals surface area contributed by atoms with Crippen LogP contribution in [0, 0.1) is 0 Å². The standard InChI is InChI=1S/C34H20Br2O4/c35-31-7-3-1-5-29(31)33(37)39-27-15-13-21-9-11-23(17-25(21)19-27)24-12-10-22-14-16-28(20-26(22)18-24)40-34(38)30-6-2-4-8-32(30)36/h1-20H. The minimum absolute atomic E-state index is 0.423. The summed E-state index contributed by atoms with van der Waals surface area (Å²) < 4.78 is 12.7. The Morgan fingerprint density at radius 2 is 0.850 bits per heavy atom. The highest BCUT2D eigenvalue weighted by Gasteiger charge is 2.14. The van der Waals surface area contributed by atoms with Crippen molar-refractivity contribution in [2.45, 2.75) is 0 Å². The van der Waals surface area contributed by atoms with Crippen LogP contribution in [0.15, 0.2) is 130 Å². The van der Waals surface area contributed by atoms with E-state index in [-0.39, 0.29) is 0 Å². The summed E-state index contributed by atoms with van der Waals surface area (Å²) in [5.74, 6) is 0.100. The minimum Gasteiger partial charge on any atom is -0.423 e. The number of esters is 2.